The summed E-state index contributed by atoms with van der Waals surface area (Å²) in [5.41, 5.74) is 0.982. The highest BCUT2D eigenvalue weighted by Crippen LogP contribution is 2.25. The lowest BCUT2D eigenvalue weighted by atomic mass is 10.1. The van der Waals surface area contributed by atoms with Crippen molar-refractivity contribution < 1.29 is 9.13 Å². The minimum absolute atomic E-state index is 0. The van der Waals surface area contributed by atoms with Crippen LogP contribution in [0.1, 0.15) is 25.5 Å². The zero-order valence-corrected chi connectivity index (χ0v) is 18.9. The molecule has 0 radical (unpaired) electrons. The number of guanidine groups is 1. The summed E-state index contributed by atoms with van der Waals surface area (Å²) in [5.74, 6) is 1.04. The molecule has 1 saturated heterocycles. The number of benzene rings is 1. The summed E-state index contributed by atoms with van der Waals surface area (Å²) in [5, 5.41) is 7.73. The third kappa shape index (κ3) is 6.16. The van der Waals surface area contributed by atoms with E-state index in [0.29, 0.717) is 12.5 Å². The van der Waals surface area contributed by atoms with E-state index < -0.39 is 0 Å². The molecule has 28 heavy (non-hydrogen) atoms. The van der Waals surface area contributed by atoms with Crippen LogP contribution in [0.3, 0.4) is 0 Å². The minimum Gasteiger partial charge on any atom is -0.367 e. The zero-order chi connectivity index (χ0) is 19.2. The fraction of sp³-hybridized carbons (Fsp3) is 0.500. The van der Waals surface area contributed by atoms with E-state index in [1.807, 2.05) is 16.9 Å². The Morgan fingerprint density at radius 3 is 2.75 bits per heavy atom. The van der Waals surface area contributed by atoms with E-state index in [2.05, 4.69) is 34.2 Å². The Balaban J connectivity index is 0.00000280. The predicted molar refractivity (Wildman–Crippen MR) is 119 cm³/mol. The van der Waals surface area contributed by atoms with Gasteiger partial charge in [-0.15, -0.1) is 24.0 Å². The molecule has 8 heteroatoms. The van der Waals surface area contributed by atoms with Gasteiger partial charge in [0, 0.05) is 39.1 Å². The van der Waals surface area contributed by atoms with Crippen molar-refractivity contribution in [3.63, 3.8) is 0 Å². The smallest absolute Gasteiger partial charge is 0.193 e. The van der Waals surface area contributed by atoms with Crippen LogP contribution in [-0.4, -0.2) is 53.4 Å². The second kappa shape index (κ2) is 10.8. The molecule has 6 nitrogen and oxygen atoms in total. The normalized spacial score (nSPS) is 21.1. The fourth-order valence-electron chi connectivity index (χ4n) is 3.38. The molecule has 3 rings (SSSR count). The summed E-state index contributed by atoms with van der Waals surface area (Å²) in [6, 6.07) is 8.47. The number of nitrogens with one attached hydrogen (secondary N) is 1. The van der Waals surface area contributed by atoms with E-state index >= 15 is 0 Å². The van der Waals surface area contributed by atoms with E-state index in [-0.39, 0.29) is 42.0 Å². The topological polar surface area (TPSA) is 54.7 Å². The highest BCUT2D eigenvalue weighted by Gasteiger charge is 2.28. The molecule has 3 unspecified atom stereocenters. The predicted octanol–water partition coefficient (Wildman–Crippen LogP) is 3.31. The lowest BCUT2D eigenvalue weighted by Gasteiger charge is -2.39. The van der Waals surface area contributed by atoms with Crippen molar-refractivity contribution in [1.82, 2.24) is 20.0 Å². The van der Waals surface area contributed by atoms with E-state index in [0.717, 1.165) is 31.2 Å². The molecule has 1 aliphatic heterocycles. The second-order valence-corrected chi connectivity index (χ2v) is 7.15. The molecule has 154 valence electrons. The van der Waals surface area contributed by atoms with Gasteiger partial charge in [0.05, 0.1) is 12.6 Å². The monoisotopic (exact) mass is 501 g/mol. The molecule has 1 N–H and O–H groups in total. The first kappa shape index (κ1) is 22.6. The van der Waals surface area contributed by atoms with Gasteiger partial charge in [0.1, 0.15) is 11.9 Å². The average Bonchev–Trinajstić information content (AvgIpc) is 3.15. The number of halogens is 2. The second-order valence-electron chi connectivity index (χ2n) is 7.15. The van der Waals surface area contributed by atoms with Crippen molar-refractivity contribution in [1.29, 1.82) is 0 Å². The first-order chi connectivity index (χ1) is 13.0. The average molecular weight is 501 g/mol. The van der Waals surface area contributed by atoms with Crippen LogP contribution in [0.4, 0.5) is 4.39 Å². The van der Waals surface area contributed by atoms with Crippen LogP contribution in [0.25, 0.3) is 0 Å². The number of nitrogens with zero attached hydrogens (tertiary/aromatic N) is 4. The van der Waals surface area contributed by atoms with Gasteiger partial charge in [-0.25, -0.2) is 4.39 Å². The van der Waals surface area contributed by atoms with Crippen molar-refractivity contribution in [2.45, 2.75) is 32.6 Å². The van der Waals surface area contributed by atoms with Crippen LogP contribution in [0, 0.1) is 11.7 Å². The maximum absolute atomic E-state index is 13.2. The van der Waals surface area contributed by atoms with Crippen molar-refractivity contribution in [3.8, 4) is 0 Å². The number of aliphatic imine (C=N–C) groups is 1. The minimum atomic E-state index is -0.233. The maximum Gasteiger partial charge on any atom is 0.193 e. The lowest BCUT2D eigenvalue weighted by Crippen LogP contribution is -2.51. The summed E-state index contributed by atoms with van der Waals surface area (Å²) >= 11 is 0. The Kier molecular flexibility index (Phi) is 8.68. The number of aromatic nitrogens is 2. The van der Waals surface area contributed by atoms with Gasteiger partial charge >= 0.3 is 0 Å². The Labute approximate surface area is 183 Å². The Hall–Kier alpha value is -1.68. The van der Waals surface area contributed by atoms with Gasteiger partial charge < -0.3 is 15.0 Å². The van der Waals surface area contributed by atoms with Crippen molar-refractivity contribution in [2.75, 3.05) is 26.7 Å². The summed E-state index contributed by atoms with van der Waals surface area (Å²) in [4.78, 5) is 6.66. The molecule has 2 heterocycles. The molecule has 1 fully saturated rings. The van der Waals surface area contributed by atoms with E-state index in [9.17, 15) is 4.39 Å². The number of ether oxygens (including phenoxy) is 1. The number of hydrogen-bond acceptors (Lipinski definition) is 3. The first-order valence-corrected chi connectivity index (χ1v) is 9.39. The summed E-state index contributed by atoms with van der Waals surface area (Å²) in [7, 11) is 1.80. The van der Waals surface area contributed by atoms with Crippen molar-refractivity contribution in [2.24, 2.45) is 10.9 Å². The molecule has 1 aromatic carbocycles. The van der Waals surface area contributed by atoms with Gasteiger partial charge in [-0.1, -0.05) is 19.1 Å². The molecule has 3 atom stereocenters. The molecule has 1 aliphatic rings. The molecule has 0 spiro atoms. The summed E-state index contributed by atoms with van der Waals surface area (Å²) in [6.07, 6.45) is 3.73. The Bertz CT molecular complexity index is 738. The van der Waals surface area contributed by atoms with Crippen LogP contribution in [0.15, 0.2) is 47.7 Å². The van der Waals surface area contributed by atoms with E-state index in [4.69, 9.17) is 4.74 Å². The molecule has 1 aromatic heterocycles. The molecule has 0 aliphatic carbocycles. The van der Waals surface area contributed by atoms with Crippen molar-refractivity contribution in [3.05, 3.63) is 54.1 Å². The summed E-state index contributed by atoms with van der Waals surface area (Å²) < 4.78 is 21.2. The highest BCUT2D eigenvalue weighted by atomic mass is 127. The molecular weight excluding hydrogens is 472 g/mol. The highest BCUT2D eigenvalue weighted by molar-refractivity contribution is 14.0. The molecule has 2 aromatic rings. The number of hydrogen-bond donors (Lipinski definition) is 1. The Morgan fingerprint density at radius 1 is 1.36 bits per heavy atom. The fourth-order valence-corrected chi connectivity index (χ4v) is 3.38. The number of rotatable bonds is 5. The zero-order valence-electron chi connectivity index (χ0n) is 16.6. The van der Waals surface area contributed by atoms with E-state index in [1.54, 1.807) is 25.4 Å². The standard InChI is InChI=1S/C20H28FN5O.HI/c1-15(12-26-10-4-9-24-26)11-23-20(22-3)25-13-16(2)27-19(14-25)17-5-7-18(21)8-6-17;/h4-10,15-16,19H,11-14H2,1-3H3,(H,22,23);1H. The SMILES string of the molecule is CN=C(NCC(C)Cn1cccn1)N1CC(C)OC(c2ccc(F)cc2)C1.I. The van der Waals surface area contributed by atoms with Gasteiger partial charge in [-0.05, 0) is 36.6 Å². The third-order valence-corrected chi connectivity index (χ3v) is 4.68. The van der Waals surface area contributed by atoms with E-state index in [1.165, 1.54) is 12.1 Å². The van der Waals surface area contributed by atoms with Gasteiger partial charge in [0.2, 0.25) is 0 Å². The third-order valence-electron chi connectivity index (χ3n) is 4.68. The van der Waals surface area contributed by atoms with Crippen LogP contribution in [-0.2, 0) is 11.3 Å². The first-order valence-electron chi connectivity index (χ1n) is 9.39. The quantitative estimate of drug-likeness (QED) is 0.388. The number of morpholine rings is 1. The van der Waals surface area contributed by atoms with Gasteiger partial charge in [0.25, 0.3) is 0 Å². The summed E-state index contributed by atoms with van der Waals surface area (Å²) in [6.45, 7) is 7.35. The van der Waals surface area contributed by atoms with Crippen LogP contribution >= 0.6 is 24.0 Å². The van der Waals surface area contributed by atoms with Crippen molar-refractivity contribution >= 4 is 29.9 Å². The van der Waals surface area contributed by atoms with Gasteiger partial charge in [0.15, 0.2) is 5.96 Å². The molecular formula is C20H29FIN5O. The van der Waals surface area contributed by atoms with Gasteiger partial charge in [-0.2, -0.15) is 5.10 Å². The maximum atomic E-state index is 13.2. The Morgan fingerprint density at radius 2 is 2.11 bits per heavy atom. The van der Waals surface area contributed by atoms with Crippen LogP contribution < -0.4 is 5.32 Å². The molecule has 0 saturated carbocycles. The van der Waals surface area contributed by atoms with Crippen LogP contribution in [0.2, 0.25) is 0 Å². The molecule has 0 amide bonds. The molecule has 0 bridgehead atoms. The van der Waals surface area contributed by atoms with Crippen LogP contribution in [0.5, 0.6) is 0 Å². The largest absolute Gasteiger partial charge is 0.367 e. The lowest BCUT2D eigenvalue weighted by molar-refractivity contribution is -0.0605. The van der Waals surface area contributed by atoms with Gasteiger partial charge in [-0.3, -0.25) is 9.67 Å².